The van der Waals surface area contributed by atoms with E-state index < -0.39 is 5.60 Å². The standard InChI is InChI=1S/C18H19ClN2O3/c1-2-23-17(22)21-10-8-18(9-11-21)13-16(20-24-18)7-6-14-4-3-5-15(19)12-14/h3-5,12-13,20H,2,8-11H2,1H3. The molecule has 1 spiro atoms. The van der Waals surface area contributed by atoms with Crippen LogP contribution < -0.4 is 5.48 Å². The number of rotatable bonds is 1. The van der Waals surface area contributed by atoms with Crippen LogP contribution >= 0.6 is 11.6 Å². The number of ether oxygens (including phenoxy) is 1. The molecule has 1 fully saturated rings. The molecule has 5 nitrogen and oxygen atoms in total. The first-order valence-electron chi connectivity index (χ1n) is 7.96. The van der Waals surface area contributed by atoms with Gasteiger partial charge in [0.15, 0.2) is 0 Å². The van der Waals surface area contributed by atoms with Crippen molar-refractivity contribution in [1.29, 1.82) is 0 Å². The van der Waals surface area contributed by atoms with Gasteiger partial charge in [-0.1, -0.05) is 23.6 Å². The highest BCUT2D eigenvalue weighted by Crippen LogP contribution is 2.31. The highest BCUT2D eigenvalue weighted by Gasteiger charge is 2.39. The van der Waals surface area contributed by atoms with Crippen LogP contribution in [0.3, 0.4) is 0 Å². The summed E-state index contributed by atoms with van der Waals surface area (Å²) in [5.41, 5.74) is 4.08. The van der Waals surface area contributed by atoms with Crippen molar-refractivity contribution in [1.82, 2.24) is 10.4 Å². The van der Waals surface area contributed by atoms with Gasteiger partial charge in [0.2, 0.25) is 0 Å². The number of carbonyl (C=O) groups is 1. The van der Waals surface area contributed by atoms with Crippen molar-refractivity contribution >= 4 is 17.7 Å². The number of allylic oxidation sites excluding steroid dienone is 1. The lowest BCUT2D eigenvalue weighted by Crippen LogP contribution is -2.46. The molecule has 0 atom stereocenters. The fourth-order valence-corrected chi connectivity index (χ4v) is 2.97. The predicted octanol–water partition coefficient (Wildman–Crippen LogP) is 3.10. The SMILES string of the molecule is CCOC(=O)N1CCC2(C=C(C#Cc3cccc(Cl)c3)NO2)CC1. The van der Waals surface area contributed by atoms with E-state index in [4.69, 9.17) is 21.2 Å². The molecule has 0 aromatic heterocycles. The van der Waals surface area contributed by atoms with Gasteiger partial charge in [0.05, 0.1) is 6.61 Å². The zero-order chi connectivity index (χ0) is 17.0. The quantitative estimate of drug-likeness (QED) is 0.794. The zero-order valence-electron chi connectivity index (χ0n) is 13.5. The first-order valence-corrected chi connectivity index (χ1v) is 8.34. The summed E-state index contributed by atoms with van der Waals surface area (Å²) in [5.74, 6) is 6.13. The van der Waals surface area contributed by atoms with E-state index in [9.17, 15) is 4.79 Å². The molecule has 2 aliphatic rings. The third-order valence-electron chi connectivity index (χ3n) is 4.07. The molecular weight excluding hydrogens is 328 g/mol. The Bertz CT molecular complexity index is 712. The maximum Gasteiger partial charge on any atom is 0.409 e. The van der Waals surface area contributed by atoms with Crippen molar-refractivity contribution < 1.29 is 14.4 Å². The summed E-state index contributed by atoms with van der Waals surface area (Å²) in [6.07, 6.45) is 3.17. The van der Waals surface area contributed by atoms with Crippen LogP contribution in [0, 0.1) is 11.8 Å². The predicted molar refractivity (Wildman–Crippen MR) is 91.2 cm³/mol. The van der Waals surface area contributed by atoms with E-state index >= 15 is 0 Å². The van der Waals surface area contributed by atoms with E-state index in [1.165, 1.54) is 0 Å². The molecule has 1 amide bonds. The minimum atomic E-state index is -0.401. The van der Waals surface area contributed by atoms with Crippen LogP contribution in [0.15, 0.2) is 36.0 Å². The van der Waals surface area contributed by atoms with E-state index in [1.54, 1.807) is 11.8 Å². The number of hydrogen-bond acceptors (Lipinski definition) is 4. The second-order valence-electron chi connectivity index (χ2n) is 5.77. The summed E-state index contributed by atoms with van der Waals surface area (Å²) in [7, 11) is 0. The molecule has 0 radical (unpaired) electrons. The zero-order valence-corrected chi connectivity index (χ0v) is 14.2. The Balaban J connectivity index is 1.63. The van der Waals surface area contributed by atoms with Crippen molar-refractivity contribution in [3.63, 3.8) is 0 Å². The minimum absolute atomic E-state index is 0.261. The number of hydroxylamine groups is 1. The van der Waals surface area contributed by atoms with Gasteiger partial charge in [0.25, 0.3) is 0 Å². The average molecular weight is 347 g/mol. The third-order valence-corrected chi connectivity index (χ3v) is 4.31. The Labute approximate surface area is 146 Å². The summed E-state index contributed by atoms with van der Waals surface area (Å²) in [4.78, 5) is 19.2. The first kappa shape index (κ1) is 16.7. The first-order chi connectivity index (χ1) is 11.6. The molecule has 2 aliphatic heterocycles. The minimum Gasteiger partial charge on any atom is -0.450 e. The highest BCUT2D eigenvalue weighted by molar-refractivity contribution is 6.30. The Morgan fingerprint density at radius 1 is 1.42 bits per heavy atom. The van der Waals surface area contributed by atoms with Crippen LogP contribution in [0.25, 0.3) is 0 Å². The molecule has 24 heavy (non-hydrogen) atoms. The summed E-state index contributed by atoms with van der Waals surface area (Å²) < 4.78 is 5.03. The number of hydrogen-bond donors (Lipinski definition) is 1. The van der Waals surface area contributed by atoms with E-state index in [0.29, 0.717) is 37.6 Å². The van der Waals surface area contributed by atoms with Crippen LogP contribution in [-0.4, -0.2) is 36.3 Å². The fraction of sp³-hybridized carbons (Fsp3) is 0.389. The fourth-order valence-electron chi connectivity index (χ4n) is 2.77. The van der Waals surface area contributed by atoms with Crippen molar-refractivity contribution in [2.75, 3.05) is 19.7 Å². The number of nitrogens with one attached hydrogen (secondary N) is 1. The molecule has 1 saturated heterocycles. The summed E-state index contributed by atoms with van der Waals surface area (Å²) in [6.45, 7) is 3.40. The number of likely N-dealkylation sites (tertiary alicyclic amines) is 1. The second kappa shape index (κ2) is 7.16. The van der Waals surface area contributed by atoms with Gasteiger partial charge in [0, 0.05) is 36.5 Å². The van der Waals surface area contributed by atoms with Gasteiger partial charge in [0.1, 0.15) is 11.3 Å². The van der Waals surface area contributed by atoms with Crippen LogP contribution in [0.5, 0.6) is 0 Å². The molecule has 0 aliphatic carbocycles. The van der Waals surface area contributed by atoms with Gasteiger partial charge >= 0.3 is 6.09 Å². The molecule has 2 heterocycles. The summed E-state index contributed by atoms with van der Waals surface area (Å²) >= 11 is 5.95. The van der Waals surface area contributed by atoms with Crippen molar-refractivity contribution in [3.8, 4) is 11.8 Å². The molecule has 1 aromatic carbocycles. The number of halogens is 1. The lowest BCUT2D eigenvalue weighted by Gasteiger charge is -2.35. The van der Waals surface area contributed by atoms with Gasteiger partial charge in [-0.05, 0) is 37.1 Å². The van der Waals surface area contributed by atoms with E-state index in [2.05, 4.69) is 17.3 Å². The smallest absolute Gasteiger partial charge is 0.409 e. The largest absolute Gasteiger partial charge is 0.450 e. The Kier molecular flexibility index (Phi) is 4.98. The Morgan fingerprint density at radius 2 is 2.21 bits per heavy atom. The molecule has 3 rings (SSSR count). The van der Waals surface area contributed by atoms with Gasteiger partial charge in [-0.2, -0.15) is 0 Å². The number of carbonyl (C=O) groups excluding carboxylic acids is 1. The molecule has 0 unspecified atom stereocenters. The average Bonchev–Trinajstić information content (AvgIpc) is 2.97. The molecule has 1 N–H and O–H groups in total. The number of benzene rings is 1. The molecule has 0 bridgehead atoms. The van der Waals surface area contributed by atoms with Gasteiger partial charge in [-0.15, -0.1) is 0 Å². The maximum absolute atomic E-state index is 11.8. The lowest BCUT2D eigenvalue weighted by molar-refractivity contribution is -0.0706. The van der Waals surface area contributed by atoms with Crippen molar-refractivity contribution in [2.45, 2.75) is 25.4 Å². The number of amides is 1. The van der Waals surface area contributed by atoms with E-state index in [-0.39, 0.29) is 6.09 Å². The van der Waals surface area contributed by atoms with Crippen LogP contribution in [-0.2, 0) is 9.57 Å². The van der Waals surface area contributed by atoms with E-state index in [1.807, 2.05) is 30.3 Å². The van der Waals surface area contributed by atoms with Crippen LogP contribution in [0.1, 0.15) is 25.3 Å². The molecule has 126 valence electrons. The van der Waals surface area contributed by atoms with Gasteiger partial charge in [-0.3, -0.25) is 10.3 Å². The Hall–Kier alpha value is -2.16. The number of nitrogens with zero attached hydrogens (tertiary/aromatic N) is 1. The number of piperidine rings is 1. The normalized spacial score (nSPS) is 18.4. The van der Waals surface area contributed by atoms with Crippen molar-refractivity contribution in [3.05, 3.63) is 46.6 Å². The topological polar surface area (TPSA) is 50.8 Å². The lowest BCUT2D eigenvalue weighted by atomic mass is 9.91. The van der Waals surface area contributed by atoms with Gasteiger partial charge < -0.3 is 9.64 Å². The summed E-state index contributed by atoms with van der Waals surface area (Å²) in [5, 5.41) is 0.661. The maximum atomic E-state index is 11.8. The molecule has 6 heteroatoms. The van der Waals surface area contributed by atoms with Crippen molar-refractivity contribution in [2.24, 2.45) is 0 Å². The molecule has 0 saturated carbocycles. The van der Waals surface area contributed by atoms with Gasteiger partial charge in [-0.25, -0.2) is 4.79 Å². The second-order valence-corrected chi connectivity index (χ2v) is 6.21. The Morgan fingerprint density at radius 3 is 2.92 bits per heavy atom. The highest BCUT2D eigenvalue weighted by atomic mass is 35.5. The molecule has 1 aromatic rings. The summed E-state index contributed by atoms with van der Waals surface area (Å²) in [6, 6.07) is 7.41. The molecular formula is C18H19ClN2O3. The monoisotopic (exact) mass is 346 g/mol. The third kappa shape index (κ3) is 3.84. The van der Waals surface area contributed by atoms with E-state index in [0.717, 1.165) is 11.3 Å². The van der Waals surface area contributed by atoms with Crippen LogP contribution in [0.2, 0.25) is 5.02 Å². The van der Waals surface area contributed by atoms with Crippen LogP contribution in [0.4, 0.5) is 4.79 Å².